The number of allylic oxidation sites excluding steroid dienone is 5. The molecule has 0 saturated carbocycles. The minimum atomic E-state index is -0.468. The van der Waals surface area contributed by atoms with Crippen LogP contribution in [0.3, 0.4) is 0 Å². The first-order valence-corrected chi connectivity index (χ1v) is 14.0. The van der Waals surface area contributed by atoms with Gasteiger partial charge in [-0.2, -0.15) is 5.10 Å². The van der Waals surface area contributed by atoms with E-state index in [0.29, 0.717) is 11.3 Å². The number of hydrogen-bond acceptors (Lipinski definition) is 4. The monoisotopic (exact) mass is 533 g/mol. The highest BCUT2D eigenvalue weighted by atomic mass is 19.1. The van der Waals surface area contributed by atoms with Gasteiger partial charge in [0.15, 0.2) is 0 Å². The van der Waals surface area contributed by atoms with Crippen molar-refractivity contribution >= 4 is 22.9 Å². The van der Waals surface area contributed by atoms with Crippen molar-refractivity contribution in [2.75, 3.05) is 31.5 Å². The number of benzene rings is 1. The van der Waals surface area contributed by atoms with Gasteiger partial charge in [0.05, 0.1) is 17.6 Å². The van der Waals surface area contributed by atoms with E-state index in [1.807, 2.05) is 25.5 Å². The molecule has 1 aromatic heterocycles. The third kappa shape index (κ3) is 6.32. The quantitative estimate of drug-likeness (QED) is 0.377. The van der Waals surface area contributed by atoms with Gasteiger partial charge in [-0.25, -0.2) is 4.39 Å². The number of rotatable bonds is 8. The second-order valence-electron chi connectivity index (χ2n) is 10.9. The number of carbonyl (C=O) groups is 1. The minimum Gasteiger partial charge on any atom is -0.377 e. The fourth-order valence-corrected chi connectivity index (χ4v) is 5.81. The van der Waals surface area contributed by atoms with Crippen LogP contribution in [0.4, 0.5) is 10.1 Å². The fourth-order valence-electron chi connectivity index (χ4n) is 5.81. The van der Waals surface area contributed by atoms with Crippen LogP contribution in [0.15, 0.2) is 71.8 Å². The maximum atomic E-state index is 14.8. The Balaban J connectivity index is 0.00000205. The van der Waals surface area contributed by atoms with Crippen molar-refractivity contribution < 1.29 is 13.5 Å². The summed E-state index contributed by atoms with van der Waals surface area (Å²) in [6, 6.07) is 4.74. The van der Waals surface area contributed by atoms with Crippen LogP contribution < -0.4 is 10.6 Å². The molecule has 3 aliphatic rings. The molecule has 1 atom stereocenters. The number of aryl methyl sites for hydroxylation is 1. The van der Waals surface area contributed by atoms with Gasteiger partial charge >= 0.3 is 0 Å². The standard InChI is InChI=1S/C32H38FN5O.3H2/c1-4-30(34-12-15-38-13-6-5-7-14-38)25-10-11-29(33)31(19-25)36-32(39)28-18-26-17-24(27-20-35-37(3)21-27)9-8-23(26)16-22(28)2;;;/h10-11,17-22,34H,1,5-9,12-16H2,2-3H3,(H,36,39);3*1H. The van der Waals surface area contributed by atoms with Gasteiger partial charge in [0, 0.05) is 47.3 Å². The number of likely N-dealkylation sites (tertiary alicyclic amines) is 1. The van der Waals surface area contributed by atoms with Crippen molar-refractivity contribution in [1.82, 2.24) is 20.0 Å². The number of piperidine rings is 1. The highest BCUT2D eigenvalue weighted by Gasteiger charge is 2.27. The third-order valence-electron chi connectivity index (χ3n) is 8.02. The molecule has 1 unspecified atom stereocenters. The van der Waals surface area contributed by atoms with Gasteiger partial charge in [-0.3, -0.25) is 9.48 Å². The van der Waals surface area contributed by atoms with E-state index < -0.39 is 5.82 Å². The summed E-state index contributed by atoms with van der Waals surface area (Å²) >= 11 is 0. The Hall–Kier alpha value is -3.67. The van der Waals surface area contributed by atoms with Crippen LogP contribution in [0.5, 0.6) is 0 Å². The lowest BCUT2D eigenvalue weighted by Gasteiger charge is -2.27. The highest BCUT2D eigenvalue weighted by molar-refractivity contribution is 6.05. The van der Waals surface area contributed by atoms with Crippen LogP contribution >= 0.6 is 0 Å². The molecule has 2 aromatic rings. The molecule has 2 heterocycles. The molecule has 1 saturated heterocycles. The SMILES string of the molecule is C=C=C(NCCN1CCCCC1)c1ccc(F)c(NC(=O)C2=CC3=C(CCC(c4cnn(C)c4)=C3)CC2C)c1.[HH].[HH].[HH]. The zero-order valence-corrected chi connectivity index (χ0v) is 23.0. The number of nitrogens with one attached hydrogen (secondary N) is 2. The Morgan fingerprint density at radius 2 is 2.05 bits per heavy atom. The van der Waals surface area contributed by atoms with Crippen molar-refractivity contribution in [2.45, 2.75) is 45.4 Å². The fraction of sp³-hybridized carbons (Fsp3) is 0.406. The lowest BCUT2D eigenvalue weighted by atomic mass is 9.78. The topological polar surface area (TPSA) is 62.2 Å². The lowest BCUT2D eigenvalue weighted by Crippen LogP contribution is -2.35. The van der Waals surface area contributed by atoms with E-state index in [2.05, 4.69) is 45.9 Å². The number of anilines is 1. The van der Waals surface area contributed by atoms with Gasteiger partial charge in [0.25, 0.3) is 5.91 Å². The molecule has 39 heavy (non-hydrogen) atoms. The number of nitrogens with zero attached hydrogens (tertiary/aromatic N) is 3. The predicted molar refractivity (Wildman–Crippen MR) is 162 cm³/mol. The number of carbonyl (C=O) groups excluding carboxylic acids is 1. The Bertz CT molecular complexity index is 1400. The van der Waals surface area contributed by atoms with E-state index in [9.17, 15) is 9.18 Å². The molecule has 6 nitrogen and oxygen atoms in total. The molecule has 0 bridgehead atoms. The van der Waals surface area contributed by atoms with Crippen LogP contribution in [0.1, 0.15) is 60.9 Å². The Morgan fingerprint density at radius 1 is 1.23 bits per heavy atom. The maximum Gasteiger partial charge on any atom is 0.251 e. The smallest absolute Gasteiger partial charge is 0.251 e. The summed E-state index contributed by atoms with van der Waals surface area (Å²) in [6.07, 6.45) is 14.6. The summed E-state index contributed by atoms with van der Waals surface area (Å²) in [6.45, 7) is 9.85. The summed E-state index contributed by atoms with van der Waals surface area (Å²) < 4.78 is 16.6. The second kappa shape index (κ2) is 12.0. The Morgan fingerprint density at radius 3 is 2.79 bits per heavy atom. The van der Waals surface area contributed by atoms with E-state index >= 15 is 0 Å². The molecule has 1 aromatic carbocycles. The summed E-state index contributed by atoms with van der Waals surface area (Å²) in [4.78, 5) is 15.9. The van der Waals surface area contributed by atoms with Gasteiger partial charge in [-0.15, -0.1) is 5.73 Å². The molecule has 0 spiro atoms. The van der Waals surface area contributed by atoms with Crippen molar-refractivity contribution in [1.29, 1.82) is 0 Å². The van der Waals surface area contributed by atoms with Crippen LogP contribution in [0, 0.1) is 11.7 Å². The number of aromatic nitrogens is 2. The van der Waals surface area contributed by atoms with Gasteiger partial charge in [-0.1, -0.05) is 31.6 Å². The molecule has 1 aliphatic heterocycles. The maximum absolute atomic E-state index is 14.8. The van der Waals surface area contributed by atoms with Crippen LogP contribution in [-0.2, 0) is 11.8 Å². The van der Waals surface area contributed by atoms with Gasteiger partial charge in [0.2, 0.25) is 0 Å². The normalized spacial score (nSPS) is 19.5. The molecule has 2 N–H and O–H groups in total. The molecule has 5 rings (SSSR count). The molecule has 0 radical (unpaired) electrons. The van der Waals surface area contributed by atoms with Gasteiger partial charge in [-0.05, 0) is 86.5 Å². The van der Waals surface area contributed by atoms with E-state index in [1.165, 1.54) is 36.5 Å². The second-order valence-corrected chi connectivity index (χ2v) is 10.9. The summed E-state index contributed by atoms with van der Waals surface area (Å²) in [7, 11) is 1.91. The van der Waals surface area contributed by atoms with E-state index in [-0.39, 0.29) is 21.8 Å². The summed E-state index contributed by atoms with van der Waals surface area (Å²) in [5.74, 6) is -0.679. The molecule has 210 valence electrons. The predicted octanol–water partition coefficient (Wildman–Crippen LogP) is 6.58. The largest absolute Gasteiger partial charge is 0.377 e. The van der Waals surface area contributed by atoms with Crippen molar-refractivity contribution in [3.63, 3.8) is 0 Å². The zero-order chi connectivity index (χ0) is 27.4. The molecule has 1 amide bonds. The van der Waals surface area contributed by atoms with E-state index in [4.69, 9.17) is 0 Å². The molecule has 7 heteroatoms. The van der Waals surface area contributed by atoms with Crippen LogP contribution in [-0.4, -0.2) is 46.8 Å². The number of halogens is 1. The average Bonchev–Trinajstić information content (AvgIpc) is 3.38. The van der Waals surface area contributed by atoms with Crippen molar-refractivity contribution in [3.05, 3.63) is 88.7 Å². The Kier molecular flexibility index (Phi) is 8.30. The Labute approximate surface area is 235 Å². The van der Waals surface area contributed by atoms with E-state index in [1.54, 1.807) is 16.8 Å². The molecular weight excluding hydrogens is 489 g/mol. The average molecular weight is 534 g/mol. The van der Waals surface area contributed by atoms with Crippen molar-refractivity contribution in [3.8, 4) is 0 Å². The van der Waals surface area contributed by atoms with Gasteiger partial charge < -0.3 is 15.5 Å². The first kappa shape index (κ1) is 26.9. The summed E-state index contributed by atoms with van der Waals surface area (Å²) in [5.41, 5.74) is 10.0. The number of hydrogen-bond donors (Lipinski definition) is 2. The molecular formula is C32H44FN5O. The number of amides is 1. The van der Waals surface area contributed by atoms with Crippen LogP contribution in [0.25, 0.3) is 11.3 Å². The zero-order valence-electron chi connectivity index (χ0n) is 23.0. The summed E-state index contributed by atoms with van der Waals surface area (Å²) in [5, 5.41) is 10.5. The molecule has 1 fully saturated rings. The van der Waals surface area contributed by atoms with E-state index in [0.717, 1.165) is 62.1 Å². The minimum absolute atomic E-state index is 0. The first-order chi connectivity index (χ1) is 18.9. The van der Waals surface area contributed by atoms with Crippen LogP contribution in [0.2, 0.25) is 0 Å². The van der Waals surface area contributed by atoms with Gasteiger partial charge in [0.1, 0.15) is 5.82 Å². The third-order valence-corrected chi connectivity index (χ3v) is 8.02. The van der Waals surface area contributed by atoms with Crippen molar-refractivity contribution in [2.24, 2.45) is 13.0 Å². The molecule has 2 aliphatic carbocycles. The highest BCUT2D eigenvalue weighted by Crippen LogP contribution is 2.39. The first-order valence-electron chi connectivity index (χ1n) is 14.0. The lowest BCUT2D eigenvalue weighted by molar-refractivity contribution is -0.113.